The molecular formula is C14H24N2. The normalized spacial score (nSPS) is 17.6. The van der Waals surface area contributed by atoms with Gasteiger partial charge >= 0.3 is 0 Å². The van der Waals surface area contributed by atoms with Crippen LogP contribution in [-0.4, -0.2) is 4.57 Å². The fourth-order valence-electron chi connectivity index (χ4n) is 2.24. The van der Waals surface area contributed by atoms with Crippen molar-refractivity contribution < 1.29 is 0 Å². The fourth-order valence-corrected chi connectivity index (χ4v) is 2.24. The number of unbranched alkanes of at least 4 members (excludes halogenated alkanes) is 3. The molecule has 1 aliphatic rings. The first-order chi connectivity index (χ1) is 7.81. The first kappa shape index (κ1) is 11.7. The number of hydrogen-bond donors (Lipinski definition) is 1. The molecule has 1 heterocycles. The van der Waals surface area contributed by atoms with Crippen molar-refractivity contribution in [3.63, 3.8) is 0 Å². The van der Waals surface area contributed by atoms with Gasteiger partial charge in [-0.2, -0.15) is 0 Å². The summed E-state index contributed by atoms with van der Waals surface area (Å²) in [6, 6.07) is 2.49. The largest absolute Gasteiger partial charge is 0.354 e. The Morgan fingerprint density at radius 3 is 2.88 bits per heavy atom. The molecule has 1 aromatic rings. The molecule has 1 aliphatic carbocycles. The average Bonchev–Trinajstić information content (AvgIpc) is 3.03. The molecule has 0 saturated heterocycles. The maximum atomic E-state index is 6.18. The molecule has 0 bridgehead atoms. The summed E-state index contributed by atoms with van der Waals surface area (Å²) in [7, 11) is 0. The van der Waals surface area contributed by atoms with Crippen LogP contribution in [0.15, 0.2) is 18.5 Å². The second-order valence-electron chi connectivity index (χ2n) is 5.11. The number of aromatic nitrogens is 1. The SMILES string of the molecule is CCCCCCn1ccc(C(N)C2CC2)c1. The van der Waals surface area contributed by atoms with Gasteiger partial charge in [-0.15, -0.1) is 0 Å². The van der Waals surface area contributed by atoms with Gasteiger partial charge in [-0.1, -0.05) is 26.2 Å². The number of rotatable bonds is 7. The highest BCUT2D eigenvalue weighted by molar-refractivity contribution is 5.17. The van der Waals surface area contributed by atoms with Gasteiger partial charge in [0.05, 0.1) is 0 Å². The lowest BCUT2D eigenvalue weighted by Gasteiger charge is -2.07. The molecule has 1 aromatic heterocycles. The van der Waals surface area contributed by atoms with E-state index in [1.165, 1.54) is 44.1 Å². The van der Waals surface area contributed by atoms with E-state index >= 15 is 0 Å². The summed E-state index contributed by atoms with van der Waals surface area (Å²) in [5.41, 5.74) is 7.51. The van der Waals surface area contributed by atoms with Crippen molar-refractivity contribution in [2.45, 2.75) is 58.0 Å². The molecule has 1 fully saturated rings. The Balaban J connectivity index is 1.77. The highest BCUT2D eigenvalue weighted by Crippen LogP contribution is 2.39. The van der Waals surface area contributed by atoms with E-state index in [-0.39, 0.29) is 6.04 Å². The lowest BCUT2D eigenvalue weighted by molar-refractivity contribution is 0.579. The van der Waals surface area contributed by atoms with E-state index in [4.69, 9.17) is 5.73 Å². The topological polar surface area (TPSA) is 30.9 Å². The summed E-state index contributed by atoms with van der Waals surface area (Å²) < 4.78 is 2.30. The van der Waals surface area contributed by atoms with Gasteiger partial charge in [-0.25, -0.2) is 0 Å². The molecule has 1 saturated carbocycles. The summed E-state index contributed by atoms with van der Waals surface area (Å²) in [6.07, 6.45) is 12.4. The van der Waals surface area contributed by atoms with Crippen LogP contribution in [0.3, 0.4) is 0 Å². The lowest BCUT2D eigenvalue weighted by Crippen LogP contribution is -2.11. The molecule has 1 unspecified atom stereocenters. The molecule has 2 nitrogen and oxygen atoms in total. The second kappa shape index (κ2) is 5.53. The van der Waals surface area contributed by atoms with Gasteiger partial charge in [0.2, 0.25) is 0 Å². The van der Waals surface area contributed by atoms with Crippen LogP contribution in [0.4, 0.5) is 0 Å². The Labute approximate surface area is 98.8 Å². The second-order valence-corrected chi connectivity index (χ2v) is 5.11. The molecule has 16 heavy (non-hydrogen) atoms. The average molecular weight is 220 g/mol. The fraction of sp³-hybridized carbons (Fsp3) is 0.714. The quantitative estimate of drug-likeness (QED) is 0.701. The molecule has 2 N–H and O–H groups in total. The predicted octanol–water partition coefficient (Wildman–Crippen LogP) is 3.48. The molecule has 0 spiro atoms. The van der Waals surface area contributed by atoms with E-state index < -0.39 is 0 Å². The number of nitrogens with two attached hydrogens (primary N) is 1. The summed E-state index contributed by atoms with van der Waals surface area (Å²) in [4.78, 5) is 0. The minimum Gasteiger partial charge on any atom is -0.354 e. The Morgan fingerprint density at radius 1 is 1.38 bits per heavy atom. The predicted molar refractivity (Wildman–Crippen MR) is 68.2 cm³/mol. The van der Waals surface area contributed by atoms with Crippen LogP contribution < -0.4 is 5.73 Å². The van der Waals surface area contributed by atoms with Crippen LogP contribution in [0.25, 0.3) is 0 Å². The van der Waals surface area contributed by atoms with Crippen LogP contribution in [0.2, 0.25) is 0 Å². The summed E-state index contributed by atoms with van der Waals surface area (Å²) in [6.45, 7) is 3.40. The Kier molecular flexibility index (Phi) is 4.05. The smallest absolute Gasteiger partial charge is 0.0338 e. The van der Waals surface area contributed by atoms with Gasteiger partial charge in [0.25, 0.3) is 0 Å². The molecule has 0 radical (unpaired) electrons. The highest BCUT2D eigenvalue weighted by Gasteiger charge is 2.29. The third-order valence-electron chi connectivity index (χ3n) is 3.56. The molecule has 0 aliphatic heterocycles. The minimum absolute atomic E-state index is 0.289. The number of hydrogen-bond acceptors (Lipinski definition) is 1. The molecular weight excluding hydrogens is 196 g/mol. The van der Waals surface area contributed by atoms with Crippen LogP contribution in [-0.2, 0) is 6.54 Å². The van der Waals surface area contributed by atoms with Crippen molar-refractivity contribution in [1.82, 2.24) is 4.57 Å². The maximum absolute atomic E-state index is 6.18. The van der Waals surface area contributed by atoms with Gasteiger partial charge in [-0.3, -0.25) is 0 Å². The van der Waals surface area contributed by atoms with Crippen molar-refractivity contribution >= 4 is 0 Å². The van der Waals surface area contributed by atoms with Gasteiger partial charge in [-0.05, 0) is 36.8 Å². The standard InChI is InChI=1S/C14H24N2/c1-2-3-4-5-9-16-10-8-13(11-16)14(15)12-6-7-12/h8,10-12,14H,2-7,9,15H2,1H3. The Bertz CT molecular complexity index is 312. The van der Waals surface area contributed by atoms with Crippen LogP contribution in [0.1, 0.15) is 57.1 Å². The van der Waals surface area contributed by atoms with E-state index in [9.17, 15) is 0 Å². The Hall–Kier alpha value is -0.760. The van der Waals surface area contributed by atoms with Gasteiger partial charge in [0, 0.05) is 25.0 Å². The molecule has 0 amide bonds. The van der Waals surface area contributed by atoms with Gasteiger partial charge in [0.15, 0.2) is 0 Å². The highest BCUT2D eigenvalue weighted by atomic mass is 14.9. The van der Waals surface area contributed by atoms with Crippen molar-refractivity contribution in [2.75, 3.05) is 0 Å². The van der Waals surface area contributed by atoms with Crippen LogP contribution >= 0.6 is 0 Å². The van der Waals surface area contributed by atoms with E-state index in [1.807, 2.05) is 0 Å². The first-order valence-electron chi connectivity index (χ1n) is 6.72. The van der Waals surface area contributed by atoms with Crippen LogP contribution in [0, 0.1) is 5.92 Å². The third kappa shape index (κ3) is 3.11. The van der Waals surface area contributed by atoms with Crippen molar-refractivity contribution in [1.29, 1.82) is 0 Å². The minimum atomic E-state index is 0.289. The molecule has 0 aromatic carbocycles. The first-order valence-corrected chi connectivity index (χ1v) is 6.72. The lowest BCUT2D eigenvalue weighted by atomic mass is 10.1. The molecule has 90 valence electrons. The molecule has 2 rings (SSSR count). The summed E-state index contributed by atoms with van der Waals surface area (Å²) in [5, 5.41) is 0. The van der Waals surface area contributed by atoms with E-state index in [1.54, 1.807) is 0 Å². The zero-order valence-electron chi connectivity index (χ0n) is 10.4. The zero-order valence-corrected chi connectivity index (χ0v) is 10.4. The number of nitrogens with zero attached hydrogens (tertiary/aromatic N) is 1. The van der Waals surface area contributed by atoms with Crippen molar-refractivity contribution in [2.24, 2.45) is 11.7 Å². The van der Waals surface area contributed by atoms with E-state index in [2.05, 4.69) is 30.0 Å². The third-order valence-corrected chi connectivity index (χ3v) is 3.56. The summed E-state index contributed by atoms with van der Waals surface area (Å²) >= 11 is 0. The van der Waals surface area contributed by atoms with Crippen LogP contribution in [0.5, 0.6) is 0 Å². The van der Waals surface area contributed by atoms with Crippen molar-refractivity contribution in [3.8, 4) is 0 Å². The Morgan fingerprint density at radius 2 is 2.19 bits per heavy atom. The molecule has 2 heteroatoms. The van der Waals surface area contributed by atoms with Gasteiger partial charge < -0.3 is 10.3 Å². The monoisotopic (exact) mass is 220 g/mol. The number of aryl methyl sites for hydroxylation is 1. The maximum Gasteiger partial charge on any atom is 0.0338 e. The van der Waals surface area contributed by atoms with Gasteiger partial charge in [0.1, 0.15) is 0 Å². The van der Waals surface area contributed by atoms with E-state index in [0.29, 0.717) is 0 Å². The zero-order chi connectivity index (χ0) is 11.4. The van der Waals surface area contributed by atoms with Crippen molar-refractivity contribution in [3.05, 3.63) is 24.0 Å². The summed E-state index contributed by atoms with van der Waals surface area (Å²) in [5.74, 6) is 0.760. The molecule has 1 atom stereocenters. The van der Waals surface area contributed by atoms with E-state index in [0.717, 1.165) is 12.5 Å².